The molecule has 2 heterocycles. The lowest BCUT2D eigenvalue weighted by Gasteiger charge is -2.38. The minimum Gasteiger partial charge on any atom is -0.469 e. The van der Waals surface area contributed by atoms with E-state index in [1.807, 2.05) is 6.92 Å². The van der Waals surface area contributed by atoms with Gasteiger partial charge in [0.15, 0.2) is 0 Å². The molecule has 0 aliphatic carbocycles. The number of hydrogen-bond acceptors (Lipinski definition) is 4. The number of esters is 1. The molecule has 2 rings (SSSR count). The summed E-state index contributed by atoms with van der Waals surface area (Å²) in [5, 5.41) is 3.35. The maximum atomic E-state index is 11.5. The molecule has 4 nitrogen and oxygen atoms in total. The molecule has 13 heavy (non-hydrogen) atoms. The molecule has 4 heteroatoms. The molecule has 2 saturated heterocycles. The monoisotopic (exact) mass is 185 g/mol. The van der Waals surface area contributed by atoms with E-state index < -0.39 is 0 Å². The Bertz CT molecular complexity index is 237. The molecule has 2 fully saturated rings. The van der Waals surface area contributed by atoms with E-state index in [0.29, 0.717) is 6.54 Å². The summed E-state index contributed by atoms with van der Waals surface area (Å²) in [6, 6.07) is 0. The predicted molar refractivity (Wildman–Crippen MR) is 46.3 cm³/mol. The van der Waals surface area contributed by atoms with Crippen LogP contribution in [0.1, 0.15) is 13.3 Å². The predicted octanol–water partition coefficient (Wildman–Crippen LogP) is -0.0720. The topological polar surface area (TPSA) is 47.6 Å². The summed E-state index contributed by atoms with van der Waals surface area (Å²) in [5.74, 6) is -0.122. The molecule has 0 aromatic heterocycles. The van der Waals surface area contributed by atoms with E-state index >= 15 is 0 Å². The molecule has 0 amide bonds. The first-order valence-electron chi connectivity index (χ1n) is 4.52. The van der Waals surface area contributed by atoms with Crippen LogP contribution in [0.3, 0.4) is 0 Å². The third kappa shape index (κ3) is 1.25. The van der Waals surface area contributed by atoms with Gasteiger partial charge in [-0.2, -0.15) is 0 Å². The van der Waals surface area contributed by atoms with E-state index in [2.05, 4.69) is 5.32 Å². The number of methoxy groups -OCH3 is 1. The highest BCUT2D eigenvalue weighted by atomic mass is 16.5. The van der Waals surface area contributed by atoms with Crippen LogP contribution in [0.4, 0.5) is 0 Å². The Kier molecular flexibility index (Phi) is 1.85. The van der Waals surface area contributed by atoms with Crippen LogP contribution >= 0.6 is 0 Å². The number of carbonyl (C=O) groups is 1. The SMILES string of the molecule is COC(=O)C1(C)CNC2(COC2)C1. The van der Waals surface area contributed by atoms with Crippen LogP contribution in [0.5, 0.6) is 0 Å². The normalized spacial score (nSPS) is 35.8. The molecule has 0 aromatic rings. The van der Waals surface area contributed by atoms with Gasteiger partial charge < -0.3 is 14.8 Å². The first-order chi connectivity index (χ1) is 6.10. The molecular weight excluding hydrogens is 170 g/mol. The lowest BCUT2D eigenvalue weighted by Crippen LogP contribution is -2.56. The fraction of sp³-hybridized carbons (Fsp3) is 0.889. The molecule has 0 bridgehead atoms. The summed E-state index contributed by atoms with van der Waals surface area (Å²) in [7, 11) is 1.44. The van der Waals surface area contributed by atoms with Gasteiger partial charge in [-0.1, -0.05) is 0 Å². The van der Waals surface area contributed by atoms with Crippen molar-refractivity contribution >= 4 is 5.97 Å². The molecule has 1 spiro atoms. The molecule has 1 unspecified atom stereocenters. The number of hydrogen-bond donors (Lipinski definition) is 1. The van der Waals surface area contributed by atoms with Crippen LogP contribution in [0.2, 0.25) is 0 Å². The van der Waals surface area contributed by atoms with Crippen molar-refractivity contribution in [2.75, 3.05) is 26.9 Å². The van der Waals surface area contributed by atoms with Gasteiger partial charge in [0.1, 0.15) is 0 Å². The van der Waals surface area contributed by atoms with E-state index in [0.717, 1.165) is 19.6 Å². The second kappa shape index (κ2) is 2.69. The zero-order chi connectivity index (χ0) is 9.53. The third-order valence-electron chi connectivity index (χ3n) is 3.02. The molecule has 0 aromatic carbocycles. The first kappa shape index (κ1) is 8.97. The van der Waals surface area contributed by atoms with Crippen LogP contribution in [-0.2, 0) is 14.3 Å². The Balaban J connectivity index is 2.07. The third-order valence-corrected chi connectivity index (χ3v) is 3.02. The zero-order valence-electron chi connectivity index (χ0n) is 8.05. The van der Waals surface area contributed by atoms with E-state index in [1.54, 1.807) is 0 Å². The molecule has 1 N–H and O–H groups in total. The Morgan fingerprint density at radius 3 is 2.62 bits per heavy atom. The van der Waals surface area contributed by atoms with Gasteiger partial charge in [0.2, 0.25) is 0 Å². The van der Waals surface area contributed by atoms with Gasteiger partial charge in [0, 0.05) is 6.54 Å². The van der Waals surface area contributed by atoms with Crippen molar-refractivity contribution in [3.05, 3.63) is 0 Å². The Morgan fingerprint density at radius 2 is 2.23 bits per heavy atom. The summed E-state index contributed by atoms with van der Waals surface area (Å²) in [4.78, 5) is 11.5. The average molecular weight is 185 g/mol. The minimum atomic E-state index is -0.363. The lowest BCUT2D eigenvalue weighted by atomic mass is 9.81. The van der Waals surface area contributed by atoms with E-state index in [9.17, 15) is 4.79 Å². The van der Waals surface area contributed by atoms with Crippen LogP contribution in [0, 0.1) is 5.41 Å². The summed E-state index contributed by atoms with van der Waals surface area (Å²) in [5.41, 5.74) is -0.304. The molecule has 1 atom stereocenters. The van der Waals surface area contributed by atoms with Gasteiger partial charge in [0.05, 0.1) is 31.3 Å². The van der Waals surface area contributed by atoms with Crippen LogP contribution in [0.25, 0.3) is 0 Å². The van der Waals surface area contributed by atoms with Crippen molar-refractivity contribution in [2.45, 2.75) is 18.9 Å². The van der Waals surface area contributed by atoms with Crippen molar-refractivity contribution in [1.82, 2.24) is 5.32 Å². The standard InChI is InChI=1S/C9H15NO3/c1-8(7(11)12-2)3-9(10-4-8)5-13-6-9/h10H,3-6H2,1-2H3. The van der Waals surface area contributed by atoms with Gasteiger partial charge in [-0.25, -0.2) is 0 Å². The van der Waals surface area contributed by atoms with Crippen molar-refractivity contribution in [3.63, 3.8) is 0 Å². The number of ether oxygens (including phenoxy) is 2. The largest absolute Gasteiger partial charge is 0.469 e. The van der Waals surface area contributed by atoms with Crippen LogP contribution in [0.15, 0.2) is 0 Å². The minimum absolute atomic E-state index is 0.0585. The number of nitrogens with one attached hydrogen (secondary N) is 1. The quantitative estimate of drug-likeness (QED) is 0.581. The summed E-state index contributed by atoms with van der Waals surface area (Å²) >= 11 is 0. The number of carbonyl (C=O) groups excluding carboxylic acids is 1. The van der Waals surface area contributed by atoms with Crippen molar-refractivity contribution in [2.24, 2.45) is 5.41 Å². The highest BCUT2D eigenvalue weighted by Gasteiger charge is 2.53. The maximum absolute atomic E-state index is 11.5. The van der Waals surface area contributed by atoms with Crippen LogP contribution in [-0.4, -0.2) is 38.4 Å². The molecule has 2 aliphatic heterocycles. The zero-order valence-corrected chi connectivity index (χ0v) is 8.05. The van der Waals surface area contributed by atoms with Crippen LogP contribution < -0.4 is 5.32 Å². The molecular formula is C9H15NO3. The molecule has 0 radical (unpaired) electrons. The highest BCUT2D eigenvalue weighted by Crippen LogP contribution is 2.39. The Morgan fingerprint density at radius 1 is 1.54 bits per heavy atom. The highest BCUT2D eigenvalue weighted by molar-refractivity contribution is 5.77. The average Bonchev–Trinajstić information content (AvgIpc) is 2.43. The lowest BCUT2D eigenvalue weighted by molar-refractivity contribution is -0.152. The van der Waals surface area contributed by atoms with Gasteiger partial charge in [-0.15, -0.1) is 0 Å². The maximum Gasteiger partial charge on any atom is 0.312 e. The van der Waals surface area contributed by atoms with E-state index in [4.69, 9.17) is 9.47 Å². The Hall–Kier alpha value is -0.610. The van der Waals surface area contributed by atoms with Gasteiger partial charge in [0.25, 0.3) is 0 Å². The summed E-state index contributed by atoms with van der Waals surface area (Å²) < 4.78 is 9.93. The van der Waals surface area contributed by atoms with E-state index in [1.165, 1.54) is 7.11 Å². The van der Waals surface area contributed by atoms with Crippen molar-refractivity contribution < 1.29 is 14.3 Å². The van der Waals surface area contributed by atoms with Gasteiger partial charge in [-0.05, 0) is 13.3 Å². The first-order valence-corrected chi connectivity index (χ1v) is 4.52. The molecule has 74 valence electrons. The second-order valence-corrected chi connectivity index (χ2v) is 4.36. The Labute approximate surface area is 77.6 Å². The summed E-state index contributed by atoms with van der Waals surface area (Å²) in [6.45, 7) is 4.08. The summed E-state index contributed by atoms with van der Waals surface area (Å²) in [6.07, 6.45) is 0.826. The van der Waals surface area contributed by atoms with Crippen molar-refractivity contribution in [3.8, 4) is 0 Å². The van der Waals surface area contributed by atoms with Gasteiger partial charge >= 0.3 is 5.97 Å². The molecule has 2 aliphatic rings. The van der Waals surface area contributed by atoms with Crippen molar-refractivity contribution in [1.29, 1.82) is 0 Å². The smallest absolute Gasteiger partial charge is 0.312 e. The fourth-order valence-corrected chi connectivity index (χ4v) is 2.20. The number of rotatable bonds is 1. The van der Waals surface area contributed by atoms with E-state index in [-0.39, 0.29) is 16.9 Å². The second-order valence-electron chi connectivity index (χ2n) is 4.36. The fourth-order valence-electron chi connectivity index (χ4n) is 2.20. The molecule has 0 saturated carbocycles. The van der Waals surface area contributed by atoms with Gasteiger partial charge in [-0.3, -0.25) is 4.79 Å².